The van der Waals surface area contributed by atoms with Crippen molar-refractivity contribution in [2.24, 2.45) is 0 Å². The van der Waals surface area contributed by atoms with Crippen molar-refractivity contribution < 1.29 is 4.74 Å². The zero-order chi connectivity index (χ0) is 12.3. The Balaban J connectivity index is 2.40. The molecule has 0 aromatic heterocycles. The molecule has 17 heavy (non-hydrogen) atoms. The smallest absolute Gasteiger partial charge is 0.150 e. The Labute approximate surface area is 104 Å². The van der Waals surface area contributed by atoms with Gasteiger partial charge in [-0.3, -0.25) is 0 Å². The summed E-state index contributed by atoms with van der Waals surface area (Å²) in [4.78, 5) is 0. The molecule has 0 saturated heterocycles. The molecule has 0 saturated carbocycles. The van der Waals surface area contributed by atoms with Gasteiger partial charge in [0.1, 0.15) is 17.6 Å². The molecule has 0 spiro atoms. The minimum atomic E-state index is 0.401. The van der Waals surface area contributed by atoms with E-state index in [1.54, 1.807) is 30.3 Å². The molecule has 0 aliphatic carbocycles. The fourth-order valence-electron chi connectivity index (χ4n) is 1.36. The van der Waals surface area contributed by atoms with Crippen molar-refractivity contribution in [2.45, 2.75) is 0 Å². The van der Waals surface area contributed by atoms with Gasteiger partial charge >= 0.3 is 0 Å². The molecular weight excluding hydrogens is 236 g/mol. The molecule has 4 heteroatoms. The van der Waals surface area contributed by atoms with Gasteiger partial charge in [0.05, 0.1) is 11.3 Å². The summed E-state index contributed by atoms with van der Waals surface area (Å²) in [7, 11) is 0. The van der Waals surface area contributed by atoms with Crippen molar-refractivity contribution >= 4 is 17.3 Å². The van der Waals surface area contributed by atoms with Crippen LogP contribution < -0.4 is 10.5 Å². The van der Waals surface area contributed by atoms with Gasteiger partial charge in [-0.25, -0.2) is 0 Å². The molecule has 0 aliphatic heterocycles. The summed E-state index contributed by atoms with van der Waals surface area (Å²) in [6.07, 6.45) is 0. The molecule has 0 amide bonds. The number of ether oxygens (including phenoxy) is 1. The summed E-state index contributed by atoms with van der Waals surface area (Å²) < 4.78 is 5.58. The van der Waals surface area contributed by atoms with Crippen LogP contribution in [0.1, 0.15) is 5.56 Å². The molecule has 0 aliphatic rings. The van der Waals surface area contributed by atoms with Crippen molar-refractivity contribution in [1.82, 2.24) is 0 Å². The topological polar surface area (TPSA) is 59.0 Å². The third kappa shape index (κ3) is 2.49. The zero-order valence-electron chi connectivity index (χ0n) is 8.85. The number of nitriles is 1. The van der Waals surface area contributed by atoms with Crippen molar-refractivity contribution in [2.75, 3.05) is 5.73 Å². The van der Waals surface area contributed by atoms with Crippen molar-refractivity contribution in [3.8, 4) is 17.6 Å². The van der Waals surface area contributed by atoms with E-state index in [0.29, 0.717) is 27.8 Å². The van der Waals surface area contributed by atoms with Gasteiger partial charge in [0.15, 0.2) is 0 Å². The first-order chi connectivity index (χ1) is 8.20. The molecular formula is C13H9ClN2O. The third-order valence-corrected chi connectivity index (χ3v) is 2.44. The highest BCUT2D eigenvalue weighted by molar-refractivity contribution is 6.30. The van der Waals surface area contributed by atoms with Gasteiger partial charge in [-0.1, -0.05) is 23.7 Å². The molecule has 3 nitrogen and oxygen atoms in total. The van der Waals surface area contributed by atoms with E-state index >= 15 is 0 Å². The summed E-state index contributed by atoms with van der Waals surface area (Å²) in [6, 6.07) is 14.0. The van der Waals surface area contributed by atoms with E-state index in [-0.39, 0.29) is 0 Å². The summed E-state index contributed by atoms with van der Waals surface area (Å²) in [5, 5.41) is 9.46. The van der Waals surface area contributed by atoms with Crippen LogP contribution in [0.3, 0.4) is 0 Å². The minimum absolute atomic E-state index is 0.401. The SMILES string of the molecule is N#Cc1ccc(Cl)cc1Oc1ccccc1N. The summed E-state index contributed by atoms with van der Waals surface area (Å²) in [5.41, 5.74) is 6.68. The number of rotatable bonds is 2. The Morgan fingerprint density at radius 1 is 1.12 bits per heavy atom. The van der Waals surface area contributed by atoms with Gasteiger partial charge < -0.3 is 10.5 Å². The second kappa shape index (κ2) is 4.77. The van der Waals surface area contributed by atoms with E-state index in [4.69, 9.17) is 27.3 Å². The maximum atomic E-state index is 8.95. The highest BCUT2D eigenvalue weighted by Crippen LogP contribution is 2.31. The number of halogens is 1. The number of hydrogen-bond acceptors (Lipinski definition) is 3. The van der Waals surface area contributed by atoms with Crippen molar-refractivity contribution in [3.63, 3.8) is 0 Å². The predicted octanol–water partition coefficient (Wildman–Crippen LogP) is 3.59. The average molecular weight is 245 g/mol. The van der Waals surface area contributed by atoms with Crippen LogP contribution in [0, 0.1) is 11.3 Å². The van der Waals surface area contributed by atoms with E-state index in [1.165, 1.54) is 0 Å². The first-order valence-corrected chi connectivity index (χ1v) is 5.30. The number of hydrogen-bond donors (Lipinski definition) is 1. The number of nitrogen functional groups attached to an aromatic ring is 1. The van der Waals surface area contributed by atoms with Crippen LogP contribution in [0.25, 0.3) is 0 Å². The van der Waals surface area contributed by atoms with Crippen LogP contribution in [-0.4, -0.2) is 0 Å². The minimum Gasteiger partial charge on any atom is -0.454 e. The van der Waals surface area contributed by atoms with E-state index in [0.717, 1.165) is 0 Å². The lowest BCUT2D eigenvalue weighted by Gasteiger charge is -2.09. The lowest BCUT2D eigenvalue weighted by Crippen LogP contribution is -1.93. The molecule has 0 bridgehead atoms. The number of nitrogens with zero attached hydrogens (tertiary/aromatic N) is 1. The monoisotopic (exact) mass is 244 g/mol. The van der Waals surface area contributed by atoms with Gasteiger partial charge in [-0.05, 0) is 24.3 Å². The molecule has 84 valence electrons. The zero-order valence-corrected chi connectivity index (χ0v) is 9.61. The van der Waals surface area contributed by atoms with E-state index in [9.17, 15) is 0 Å². The molecule has 0 unspecified atom stereocenters. The summed E-state index contributed by atoms with van der Waals surface area (Å²) in [6.45, 7) is 0. The van der Waals surface area contributed by atoms with Gasteiger partial charge in [0.2, 0.25) is 0 Å². The molecule has 2 N–H and O–H groups in total. The van der Waals surface area contributed by atoms with Crippen molar-refractivity contribution in [1.29, 1.82) is 5.26 Å². The lowest BCUT2D eigenvalue weighted by atomic mass is 10.2. The molecule has 2 aromatic carbocycles. The van der Waals surface area contributed by atoms with E-state index in [2.05, 4.69) is 0 Å². The van der Waals surface area contributed by atoms with Crippen molar-refractivity contribution in [3.05, 3.63) is 53.1 Å². The predicted molar refractivity (Wildman–Crippen MR) is 67.1 cm³/mol. The number of nitrogens with two attached hydrogens (primary N) is 1. The molecule has 0 fully saturated rings. The Morgan fingerprint density at radius 3 is 2.59 bits per heavy atom. The maximum Gasteiger partial charge on any atom is 0.150 e. The molecule has 0 atom stereocenters. The Kier molecular flexibility index (Phi) is 3.17. The number of anilines is 1. The molecule has 0 heterocycles. The van der Waals surface area contributed by atoms with Crippen LogP contribution in [0.4, 0.5) is 5.69 Å². The van der Waals surface area contributed by atoms with Gasteiger partial charge in [0.25, 0.3) is 0 Å². The Hall–Kier alpha value is -2.18. The molecule has 2 rings (SSSR count). The van der Waals surface area contributed by atoms with Crippen LogP contribution in [0.15, 0.2) is 42.5 Å². The van der Waals surface area contributed by atoms with Crippen LogP contribution in [-0.2, 0) is 0 Å². The third-order valence-electron chi connectivity index (χ3n) is 2.20. The Bertz CT molecular complexity index is 590. The quantitative estimate of drug-likeness (QED) is 0.822. The first kappa shape index (κ1) is 11.3. The molecule has 0 radical (unpaired) electrons. The Morgan fingerprint density at radius 2 is 1.88 bits per heavy atom. The maximum absolute atomic E-state index is 8.95. The van der Waals surface area contributed by atoms with Gasteiger partial charge in [-0.15, -0.1) is 0 Å². The highest BCUT2D eigenvalue weighted by Gasteiger charge is 2.07. The van der Waals surface area contributed by atoms with E-state index in [1.807, 2.05) is 18.2 Å². The fraction of sp³-hybridized carbons (Fsp3) is 0. The van der Waals surface area contributed by atoms with Gasteiger partial charge in [0, 0.05) is 11.1 Å². The average Bonchev–Trinajstić information content (AvgIpc) is 2.32. The highest BCUT2D eigenvalue weighted by atomic mass is 35.5. The lowest BCUT2D eigenvalue weighted by molar-refractivity contribution is 0.483. The van der Waals surface area contributed by atoms with Crippen LogP contribution in [0.5, 0.6) is 11.5 Å². The normalized spacial score (nSPS) is 9.65. The first-order valence-electron chi connectivity index (χ1n) is 4.92. The second-order valence-corrected chi connectivity index (χ2v) is 3.83. The summed E-state index contributed by atoms with van der Waals surface area (Å²) >= 11 is 5.86. The van der Waals surface area contributed by atoms with Crippen LogP contribution >= 0.6 is 11.6 Å². The number of para-hydroxylation sites is 2. The molecule has 2 aromatic rings. The van der Waals surface area contributed by atoms with Crippen LogP contribution in [0.2, 0.25) is 5.02 Å². The largest absolute Gasteiger partial charge is 0.454 e. The number of benzene rings is 2. The summed E-state index contributed by atoms with van der Waals surface area (Å²) in [5.74, 6) is 0.907. The van der Waals surface area contributed by atoms with Gasteiger partial charge in [-0.2, -0.15) is 5.26 Å². The standard InChI is InChI=1S/C13H9ClN2O/c14-10-6-5-9(8-15)13(7-10)17-12-4-2-1-3-11(12)16/h1-7H,16H2. The second-order valence-electron chi connectivity index (χ2n) is 3.39. The van der Waals surface area contributed by atoms with E-state index < -0.39 is 0 Å². The fourth-order valence-corrected chi connectivity index (χ4v) is 1.53.